The van der Waals surface area contributed by atoms with E-state index in [1.54, 1.807) is 19.2 Å². The number of aryl methyl sites for hydroxylation is 1. The molecule has 4 heterocycles. The molecule has 220 valence electrons. The van der Waals surface area contributed by atoms with Gasteiger partial charge >= 0.3 is 6.18 Å². The first-order chi connectivity index (χ1) is 19.7. The van der Waals surface area contributed by atoms with Gasteiger partial charge in [-0.3, -0.25) is 19.3 Å². The largest absolute Gasteiger partial charge is 0.424 e. The molecule has 0 fully saturated rings. The molecule has 1 aliphatic rings. The van der Waals surface area contributed by atoms with E-state index in [-0.39, 0.29) is 12.8 Å². The molecular formula is C29H25ClF5N5O2. The molecule has 3 atom stereocenters. The Balaban J connectivity index is 1.90. The number of hydrogen-bond acceptors (Lipinski definition) is 4. The molecule has 3 aromatic heterocycles. The van der Waals surface area contributed by atoms with E-state index in [0.717, 1.165) is 19.1 Å². The lowest BCUT2D eigenvalue weighted by molar-refractivity contribution is -0.121. The predicted molar refractivity (Wildman–Crippen MR) is 149 cm³/mol. The van der Waals surface area contributed by atoms with Crippen LogP contribution in [0.25, 0.3) is 16.8 Å². The van der Waals surface area contributed by atoms with Gasteiger partial charge in [0, 0.05) is 36.6 Å². The Hall–Kier alpha value is -4.24. The summed E-state index contributed by atoms with van der Waals surface area (Å²) in [6, 6.07) is 4.33. The maximum atomic E-state index is 15.3. The molecule has 0 aromatic carbocycles. The highest BCUT2D eigenvalue weighted by Crippen LogP contribution is 2.38. The minimum absolute atomic E-state index is 0.00262. The number of carbonyl (C=O) groups excluding carboxylic acids is 1. The standard InChI is InChI=1S/C29H25ClF5N5O2/c1-5-19(29(33,34)35)25(26(32)16(3)30)17-9-11-40(24(41)13-17)23-7-6-20(31)15(2)28(42)38-22-14-37-39(4)27(22)18-8-10-36-21(23)12-18/h1,8-15,20,23H,6-7H2,2-4H3,(H,38,42). The van der Waals surface area contributed by atoms with E-state index >= 15 is 4.39 Å². The number of rotatable bonds is 3. The topological polar surface area (TPSA) is 81.8 Å². The van der Waals surface area contributed by atoms with Crippen LogP contribution in [0.15, 0.2) is 64.1 Å². The fourth-order valence-corrected chi connectivity index (χ4v) is 4.90. The van der Waals surface area contributed by atoms with E-state index in [1.165, 1.54) is 40.7 Å². The van der Waals surface area contributed by atoms with Gasteiger partial charge < -0.3 is 9.88 Å². The van der Waals surface area contributed by atoms with Gasteiger partial charge in [-0.05, 0) is 43.5 Å². The zero-order valence-corrected chi connectivity index (χ0v) is 23.4. The molecule has 1 amide bonds. The first kappa shape index (κ1) is 30.7. The van der Waals surface area contributed by atoms with E-state index in [1.807, 2.05) is 0 Å². The summed E-state index contributed by atoms with van der Waals surface area (Å²) in [5.41, 5.74) is -2.15. The molecule has 42 heavy (non-hydrogen) atoms. The fourth-order valence-electron chi connectivity index (χ4n) is 4.81. The van der Waals surface area contributed by atoms with E-state index in [2.05, 4.69) is 15.4 Å². The van der Waals surface area contributed by atoms with Gasteiger partial charge in [0.25, 0.3) is 5.56 Å². The highest BCUT2D eigenvalue weighted by atomic mass is 35.5. The zero-order valence-electron chi connectivity index (χ0n) is 22.6. The van der Waals surface area contributed by atoms with Gasteiger partial charge in [0.15, 0.2) is 0 Å². The van der Waals surface area contributed by atoms with Crippen LogP contribution in [0, 0.1) is 18.3 Å². The number of carbonyl (C=O) groups is 1. The van der Waals surface area contributed by atoms with Crippen molar-refractivity contribution in [3.8, 4) is 23.6 Å². The van der Waals surface area contributed by atoms with E-state index in [0.29, 0.717) is 22.6 Å². The van der Waals surface area contributed by atoms with Crippen molar-refractivity contribution in [1.82, 2.24) is 19.3 Å². The summed E-state index contributed by atoms with van der Waals surface area (Å²) in [6.45, 7) is 2.49. The van der Waals surface area contributed by atoms with Gasteiger partial charge in [0.05, 0.1) is 40.3 Å². The van der Waals surface area contributed by atoms with Gasteiger partial charge in [-0.25, -0.2) is 8.78 Å². The third-order valence-corrected chi connectivity index (χ3v) is 7.20. The quantitative estimate of drug-likeness (QED) is 0.215. The van der Waals surface area contributed by atoms with Gasteiger partial charge in [-0.15, -0.1) is 6.42 Å². The molecule has 2 bridgehead atoms. The van der Waals surface area contributed by atoms with Gasteiger partial charge in [-0.1, -0.05) is 24.4 Å². The second-order valence-corrected chi connectivity index (χ2v) is 10.4. The number of anilines is 1. The van der Waals surface area contributed by atoms with Crippen molar-refractivity contribution in [3.05, 3.63) is 80.9 Å². The summed E-state index contributed by atoms with van der Waals surface area (Å²) in [6.07, 6.45) is 2.31. The number of hydrogen-bond donors (Lipinski definition) is 1. The average molecular weight is 606 g/mol. The lowest BCUT2D eigenvalue weighted by Crippen LogP contribution is -2.31. The Morgan fingerprint density at radius 3 is 2.55 bits per heavy atom. The minimum atomic E-state index is -5.11. The Bertz CT molecular complexity index is 1690. The Morgan fingerprint density at radius 1 is 1.21 bits per heavy atom. The van der Waals surface area contributed by atoms with Crippen LogP contribution in [0.4, 0.5) is 27.6 Å². The summed E-state index contributed by atoms with van der Waals surface area (Å²) in [5.74, 6) is -1.57. The summed E-state index contributed by atoms with van der Waals surface area (Å²) >= 11 is 5.69. The Kier molecular flexibility index (Phi) is 8.73. The van der Waals surface area contributed by atoms with E-state index < -0.39 is 63.3 Å². The number of halogens is 6. The van der Waals surface area contributed by atoms with Crippen LogP contribution in [0.5, 0.6) is 0 Å². The number of amides is 1. The zero-order chi connectivity index (χ0) is 30.9. The van der Waals surface area contributed by atoms with Crippen molar-refractivity contribution in [2.24, 2.45) is 13.0 Å². The maximum Gasteiger partial charge on any atom is 0.424 e. The highest BCUT2D eigenvalue weighted by molar-refractivity contribution is 6.30. The molecule has 0 saturated carbocycles. The third kappa shape index (κ3) is 6.01. The number of alkyl halides is 4. The number of fused-ring (bicyclic) bond motifs is 4. The molecular weight excluding hydrogens is 581 g/mol. The normalized spacial score (nSPS) is 20.7. The molecule has 0 spiro atoms. The molecule has 0 saturated heterocycles. The van der Waals surface area contributed by atoms with Crippen LogP contribution >= 0.6 is 11.6 Å². The van der Waals surface area contributed by atoms with Crippen LogP contribution in [0.2, 0.25) is 0 Å². The fraction of sp³-hybridized carbons (Fsp3) is 0.310. The molecule has 1 N–H and O–H groups in total. The van der Waals surface area contributed by atoms with Crippen LogP contribution < -0.4 is 10.9 Å². The summed E-state index contributed by atoms with van der Waals surface area (Å²) < 4.78 is 74.0. The van der Waals surface area contributed by atoms with Crippen molar-refractivity contribution < 1.29 is 26.7 Å². The number of nitrogens with one attached hydrogen (secondary N) is 1. The van der Waals surface area contributed by atoms with Crippen molar-refractivity contribution in [2.45, 2.75) is 45.1 Å². The summed E-state index contributed by atoms with van der Waals surface area (Å²) in [5, 5.41) is 6.32. The summed E-state index contributed by atoms with van der Waals surface area (Å²) in [4.78, 5) is 30.6. The lowest BCUT2D eigenvalue weighted by Gasteiger charge is -2.24. The van der Waals surface area contributed by atoms with Crippen molar-refractivity contribution in [2.75, 3.05) is 5.32 Å². The molecule has 3 unspecified atom stereocenters. The average Bonchev–Trinajstić information content (AvgIpc) is 3.29. The molecule has 7 nitrogen and oxygen atoms in total. The predicted octanol–water partition coefficient (Wildman–Crippen LogP) is 6.33. The summed E-state index contributed by atoms with van der Waals surface area (Å²) in [7, 11) is 1.66. The number of aromatic nitrogens is 4. The minimum Gasteiger partial charge on any atom is -0.323 e. The van der Waals surface area contributed by atoms with Crippen molar-refractivity contribution in [1.29, 1.82) is 0 Å². The first-order valence-corrected chi connectivity index (χ1v) is 13.1. The highest BCUT2D eigenvalue weighted by Gasteiger charge is 2.37. The molecule has 0 radical (unpaired) electrons. The second-order valence-electron chi connectivity index (χ2n) is 9.79. The van der Waals surface area contributed by atoms with E-state index in [9.17, 15) is 27.2 Å². The number of allylic oxidation sites excluding steroid dienone is 4. The van der Waals surface area contributed by atoms with Crippen LogP contribution in [-0.4, -0.2) is 37.6 Å². The lowest BCUT2D eigenvalue weighted by atomic mass is 9.95. The smallest absolute Gasteiger partial charge is 0.323 e. The van der Waals surface area contributed by atoms with Crippen LogP contribution in [0.1, 0.15) is 44.0 Å². The molecule has 1 aliphatic heterocycles. The number of nitrogens with zero attached hydrogens (tertiary/aromatic N) is 4. The number of pyridine rings is 2. The van der Waals surface area contributed by atoms with Gasteiger partial charge in [0.2, 0.25) is 5.91 Å². The SMILES string of the molecule is C#CC(=C(C(F)=C(C)Cl)c1ccn(C2CCC(F)C(C)C(=O)Nc3cnn(C)c3-c3ccnc2c3)c(=O)c1)C(F)(F)F. The van der Waals surface area contributed by atoms with Crippen molar-refractivity contribution in [3.63, 3.8) is 0 Å². The maximum absolute atomic E-state index is 15.3. The monoisotopic (exact) mass is 605 g/mol. The van der Waals surface area contributed by atoms with Crippen LogP contribution in [-0.2, 0) is 11.8 Å². The van der Waals surface area contributed by atoms with Gasteiger partial charge in [-0.2, -0.15) is 18.3 Å². The molecule has 13 heteroatoms. The van der Waals surface area contributed by atoms with Crippen LogP contribution in [0.3, 0.4) is 0 Å². The Morgan fingerprint density at radius 2 is 1.93 bits per heavy atom. The van der Waals surface area contributed by atoms with Gasteiger partial charge in [0.1, 0.15) is 17.6 Å². The molecule has 4 rings (SSSR count). The first-order valence-electron chi connectivity index (χ1n) is 12.7. The third-order valence-electron chi connectivity index (χ3n) is 7.04. The second kappa shape index (κ2) is 11.9. The number of terminal acetylenes is 1. The molecule has 0 aliphatic carbocycles. The molecule has 3 aromatic rings. The van der Waals surface area contributed by atoms with Crippen molar-refractivity contribution >= 4 is 28.8 Å². The van der Waals surface area contributed by atoms with E-state index in [4.69, 9.17) is 18.0 Å². The Labute approximate surface area is 242 Å².